The van der Waals surface area contributed by atoms with Gasteiger partial charge in [0.25, 0.3) is 0 Å². The number of nitrogens with zero attached hydrogens (tertiary/aromatic N) is 6. The molecule has 1 aromatic carbocycles. The van der Waals surface area contributed by atoms with Crippen LogP contribution in [-0.4, -0.2) is 86.2 Å². The van der Waals surface area contributed by atoms with Gasteiger partial charge >= 0.3 is 0 Å². The Morgan fingerprint density at radius 3 is 2.50 bits per heavy atom. The molecule has 1 fully saturated rings. The predicted molar refractivity (Wildman–Crippen MR) is 132 cm³/mol. The zero-order chi connectivity index (χ0) is 20.5. The van der Waals surface area contributed by atoms with E-state index in [1.807, 2.05) is 38.4 Å². The number of piperazine rings is 1. The summed E-state index contributed by atoms with van der Waals surface area (Å²) >= 11 is 0. The van der Waals surface area contributed by atoms with Gasteiger partial charge in [0.2, 0.25) is 5.95 Å². The molecule has 1 aliphatic rings. The Labute approximate surface area is 196 Å². The van der Waals surface area contributed by atoms with Gasteiger partial charge in [-0.15, -0.1) is 24.0 Å². The van der Waals surface area contributed by atoms with Crippen molar-refractivity contribution in [3.8, 4) is 5.75 Å². The molecule has 0 spiro atoms. The van der Waals surface area contributed by atoms with Gasteiger partial charge in [0.15, 0.2) is 5.96 Å². The van der Waals surface area contributed by atoms with Crippen molar-refractivity contribution >= 4 is 35.9 Å². The summed E-state index contributed by atoms with van der Waals surface area (Å²) < 4.78 is 5.45. The van der Waals surface area contributed by atoms with Gasteiger partial charge in [-0.1, -0.05) is 18.2 Å². The Morgan fingerprint density at radius 1 is 1.13 bits per heavy atom. The monoisotopic (exact) mass is 525 g/mol. The molecule has 0 bridgehead atoms. The van der Waals surface area contributed by atoms with Gasteiger partial charge in [0.1, 0.15) is 5.75 Å². The van der Waals surface area contributed by atoms with Crippen LogP contribution < -0.4 is 15.0 Å². The number of halogens is 1. The van der Waals surface area contributed by atoms with Crippen molar-refractivity contribution < 1.29 is 4.74 Å². The average Bonchev–Trinajstić information content (AvgIpc) is 2.78. The highest BCUT2D eigenvalue weighted by Gasteiger charge is 2.18. The lowest BCUT2D eigenvalue weighted by molar-refractivity contribution is 0.259. The van der Waals surface area contributed by atoms with Crippen LogP contribution in [0.3, 0.4) is 0 Å². The molecule has 8 nitrogen and oxygen atoms in total. The summed E-state index contributed by atoms with van der Waals surface area (Å²) in [5.74, 6) is 2.60. The lowest BCUT2D eigenvalue weighted by Gasteiger charge is -2.34. The lowest BCUT2D eigenvalue weighted by atomic mass is 10.2. The van der Waals surface area contributed by atoms with Gasteiger partial charge < -0.3 is 19.9 Å². The minimum Gasteiger partial charge on any atom is -0.496 e. The fourth-order valence-electron chi connectivity index (χ4n) is 3.50. The number of benzene rings is 1. The maximum absolute atomic E-state index is 5.45. The van der Waals surface area contributed by atoms with Crippen molar-refractivity contribution in [1.29, 1.82) is 0 Å². The van der Waals surface area contributed by atoms with E-state index < -0.39 is 0 Å². The van der Waals surface area contributed by atoms with E-state index in [2.05, 4.69) is 41.0 Å². The molecule has 1 aromatic heterocycles. The third kappa shape index (κ3) is 6.69. The molecule has 2 heterocycles. The molecule has 30 heavy (non-hydrogen) atoms. The number of aliphatic imine (C=N–C) groups is 1. The fraction of sp³-hybridized carbons (Fsp3) is 0.476. The molecule has 9 heteroatoms. The van der Waals surface area contributed by atoms with Crippen LogP contribution in [0.1, 0.15) is 5.56 Å². The van der Waals surface area contributed by atoms with Gasteiger partial charge in [-0.3, -0.25) is 9.89 Å². The first-order valence-corrected chi connectivity index (χ1v) is 9.99. The first kappa shape index (κ1) is 24.1. The van der Waals surface area contributed by atoms with Crippen molar-refractivity contribution in [3.63, 3.8) is 0 Å². The number of hydrogen-bond acceptors (Lipinski definition) is 6. The van der Waals surface area contributed by atoms with Crippen LogP contribution >= 0.6 is 24.0 Å². The van der Waals surface area contributed by atoms with E-state index in [0.717, 1.165) is 69.0 Å². The minimum atomic E-state index is 0. The molecule has 0 atom stereocenters. The molecule has 2 aromatic rings. The normalized spacial score (nSPS) is 14.8. The summed E-state index contributed by atoms with van der Waals surface area (Å²) in [7, 11) is 5.57. The molecular weight excluding hydrogens is 493 g/mol. The maximum atomic E-state index is 5.45. The van der Waals surface area contributed by atoms with Crippen LogP contribution in [0.4, 0.5) is 5.95 Å². The maximum Gasteiger partial charge on any atom is 0.225 e. The number of aromatic nitrogens is 2. The number of guanidine groups is 1. The molecule has 1 saturated heterocycles. The first-order chi connectivity index (χ1) is 14.2. The molecule has 0 amide bonds. The van der Waals surface area contributed by atoms with Gasteiger partial charge in [-0.25, -0.2) is 9.97 Å². The summed E-state index contributed by atoms with van der Waals surface area (Å²) in [5, 5.41) is 3.47. The van der Waals surface area contributed by atoms with Crippen molar-refractivity contribution in [1.82, 2.24) is 25.1 Å². The molecule has 164 valence electrons. The number of nitrogens with one attached hydrogen (secondary N) is 1. The van der Waals surface area contributed by atoms with E-state index in [9.17, 15) is 0 Å². The predicted octanol–water partition coefficient (Wildman–Crippen LogP) is 1.93. The number of hydrogen-bond donors (Lipinski definition) is 1. The molecule has 1 N–H and O–H groups in total. The van der Waals surface area contributed by atoms with Crippen molar-refractivity contribution in [2.45, 2.75) is 6.54 Å². The fourth-order valence-corrected chi connectivity index (χ4v) is 3.50. The molecule has 3 rings (SSSR count). The topological polar surface area (TPSA) is 69.1 Å². The number of anilines is 1. The third-order valence-electron chi connectivity index (χ3n) is 5.09. The SMILES string of the molecule is CN=C(NCCN1CCN(c2ncccn2)CC1)N(C)Cc1ccccc1OC.I. The minimum absolute atomic E-state index is 0. The Balaban J connectivity index is 0.00000320. The van der Waals surface area contributed by atoms with Crippen LogP contribution in [-0.2, 0) is 6.54 Å². The van der Waals surface area contributed by atoms with Crippen LogP contribution in [0.2, 0.25) is 0 Å². The third-order valence-corrected chi connectivity index (χ3v) is 5.09. The standard InChI is InChI=1S/C21H31N7O.HI/c1-22-20(26(2)17-18-7-4-5-8-19(18)29-3)25-11-12-27-13-15-28(16-14-27)21-23-9-6-10-24-21;/h4-10H,11-17H2,1-3H3,(H,22,25);1H. The quantitative estimate of drug-likeness (QED) is 0.337. The summed E-state index contributed by atoms with van der Waals surface area (Å²) in [6.07, 6.45) is 3.59. The van der Waals surface area contributed by atoms with E-state index in [1.54, 1.807) is 19.5 Å². The number of methoxy groups -OCH3 is 1. The number of rotatable bonds is 7. The van der Waals surface area contributed by atoms with Gasteiger partial charge in [0.05, 0.1) is 7.11 Å². The highest BCUT2D eigenvalue weighted by Crippen LogP contribution is 2.18. The van der Waals surface area contributed by atoms with Crippen molar-refractivity contribution in [3.05, 3.63) is 48.3 Å². The van der Waals surface area contributed by atoms with E-state index in [-0.39, 0.29) is 24.0 Å². The molecular formula is C21H32IN7O. The van der Waals surface area contributed by atoms with Crippen LogP contribution in [0.15, 0.2) is 47.7 Å². The highest BCUT2D eigenvalue weighted by atomic mass is 127. The first-order valence-electron chi connectivity index (χ1n) is 9.99. The summed E-state index contributed by atoms with van der Waals surface area (Å²) in [6, 6.07) is 9.93. The highest BCUT2D eigenvalue weighted by molar-refractivity contribution is 14.0. The number of para-hydroxylation sites is 1. The van der Waals surface area contributed by atoms with E-state index >= 15 is 0 Å². The smallest absolute Gasteiger partial charge is 0.225 e. The molecule has 0 saturated carbocycles. The summed E-state index contributed by atoms with van der Waals surface area (Å²) in [6.45, 7) is 6.49. The van der Waals surface area contributed by atoms with Crippen LogP contribution in [0.5, 0.6) is 5.75 Å². The van der Waals surface area contributed by atoms with Gasteiger partial charge in [-0.05, 0) is 12.1 Å². The Bertz CT molecular complexity index is 782. The van der Waals surface area contributed by atoms with Crippen molar-refractivity contribution in [2.24, 2.45) is 4.99 Å². The van der Waals surface area contributed by atoms with Crippen LogP contribution in [0, 0.1) is 0 Å². The molecule has 1 aliphatic heterocycles. The average molecular weight is 525 g/mol. The van der Waals surface area contributed by atoms with Gasteiger partial charge in [0, 0.05) is 77.9 Å². The van der Waals surface area contributed by atoms with E-state index in [0.29, 0.717) is 0 Å². The largest absolute Gasteiger partial charge is 0.496 e. The number of ether oxygens (including phenoxy) is 1. The second-order valence-corrected chi connectivity index (χ2v) is 7.02. The molecule has 0 unspecified atom stereocenters. The molecule has 0 aliphatic carbocycles. The Kier molecular flexibility index (Phi) is 10.1. The van der Waals surface area contributed by atoms with Crippen molar-refractivity contribution in [2.75, 3.05) is 65.4 Å². The second kappa shape index (κ2) is 12.5. The summed E-state index contributed by atoms with van der Waals surface area (Å²) in [5.41, 5.74) is 1.14. The molecule has 0 radical (unpaired) electrons. The lowest BCUT2D eigenvalue weighted by Crippen LogP contribution is -2.49. The zero-order valence-corrected chi connectivity index (χ0v) is 20.3. The Hall–Kier alpha value is -2.14. The second-order valence-electron chi connectivity index (χ2n) is 7.02. The zero-order valence-electron chi connectivity index (χ0n) is 18.0. The van der Waals surface area contributed by atoms with Gasteiger partial charge in [-0.2, -0.15) is 0 Å². The van der Waals surface area contributed by atoms with E-state index in [1.165, 1.54) is 0 Å². The van der Waals surface area contributed by atoms with Crippen LogP contribution in [0.25, 0.3) is 0 Å². The summed E-state index contributed by atoms with van der Waals surface area (Å²) in [4.78, 5) is 19.9. The van der Waals surface area contributed by atoms with E-state index in [4.69, 9.17) is 4.74 Å². The Morgan fingerprint density at radius 2 is 1.83 bits per heavy atom.